The van der Waals surface area contributed by atoms with Gasteiger partial charge < -0.3 is 10.6 Å². The number of hydrogen-bond acceptors (Lipinski definition) is 4. The molecule has 8 heteroatoms. The molecule has 0 spiro atoms. The van der Waals surface area contributed by atoms with Crippen LogP contribution in [0.3, 0.4) is 0 Å². The van der Waals surface area contributed by atoms with Gasteiger partial charge in [0.15, 0.2) is 0 Å². The Labute approximate surface area is 178 Å². The van der Waals surface area contributed by atoms with Crippen molar-refractivity contribution in [3.8, 4) is 0 Å². The average molecular weight is 432 g/mol. The van der Waals surface area contributed by atoms with Crippen LogP contribution < -0.4 is 14.9 Å². The van der Waals surface area contributed by atoms with Crippen molar-refractivity contribution in [3.63, 3.8) is 0 Å². The van der Waals surface area contributed by atoms with Gasteiger partial charge in [-0.2, -0.15) is 0 Å². The van der Waals surface area contributed by atoms with Gasteiger partial charge in [-0.05, 0) is 42.2 Å². The van der Waals surface area contributed by atoms with E-state index in [-0.39, 0.29) is 11.8 Å². The van der Waals surface area contributed by atoms with Crippen molar-refractivity contribution in [1.82, 2.24) is 5.32 Å². The van der Waals surface area contributed by atoms with Crippen molar-refractivity contribution in [3.05, 3.63) is 59.7 Å². The molecule has 0 saturated carbocycles. The van der Waals surface area contributed by atoms with E-state index in [0.29, 0.717) is 23.5 Å². The molecule has 0 bridgehead atoms. The maximum atomic E-state index is 12.7. The SMILES string of the molecule is CCc1ccc(N(CC(=O)Nc2ccccc2C(=O)NCC(C)C)S(C)(=O)=O)cc1. The Kier molecular flexibility index (Phi) is 8.00. The second-order valence-electron chi connectivity index (χ2n) is 7.49. The van der Waals surface area contributed by atoms with E-state index in [9.17, 15) is 18.0 Å². The summed E-state index contributed by atoms with van der Waals surface area (Å²) in [5.74, 6) is -0.544. The smallest absolute Gasteiger partial charge is 0.253 e. The highest BCUT2D eigenvalue weighted by Gasteiger charge is 2.22. The van der Waals surface area contributed by atoms with Crippen LogP contribution in [-0.2, 0) is 21.2 Å². The van der Waals surface area contributed by atoms with E-state index in [1.807, 2.05) is 32.9 Å². The lowest BCUT2D eigenvalue weighted by Crippen LogP contribution is -2.37. The molecule has 0 heterocycles. The number of benzene rings is 2. The van der Waals surface area contributed by atoms with Crippen LogP contribution in [0.4, 0.5) is 11.4 Å². The summed E-state index contributed by atoms with van der Waals surface area (Å²) >= 11 is 0. The third-order valence-electron chi connectivity index (χ3n) is 4.44. The Balaban J connectivity index is 2.19. The highest BCUT2D eigenvalue weighted by molar-refractivity contribution is 7.92. The Morgan fingerprint density at radius 2 is 1.67 bits per heavy atom. The van der Waals surface area contributed by atoms with Crippen molar-refractivity contribution in [2.24, 2.45) is 5.92 Å². The summed E-state index contributed by atoms with van der Waals surface area (Å²) in [7, 11) is -3.68. The normalized spacial score (nSPS) is 11.2. The lowest BCUT2D eigenvalue weighted by Gasteiger charge is -2.22. The van der Waals surface area contributed by atoms with Crippen LogP contribution in [0.2, 0.25) is 0 Å². The molecule has 162 valence electrons. The van der Waals surface area contributed by atoms with Gasteiger partial charge in [0, 0.05) is 6.54 Å². The lowest BCUT2D eigenvalue weighted by atomic mass is 10.1. The number of nitrogens with one attached hydrogen (secondary N) is 2. The minimum absolute atomic E-state index is 0.290. The number of hydrogen-bond donors (Lipinski definition) is 2. The van der Waals surface area contributed by atoms with Crippen molar-refractivity contribution >= 4 is 33.2 Å². The number of sulfonamides is 1. The van der Waals surface area contributed by atoms with Gasteiger partial charge in [-0.15, -0.1) is 0 Å². The van der Waals surface area contributed by atoms with Crippen LogP contribution in [0.25, 0.3) is 0 Å². The zero-order valence-electron chi connectivity index (χ0n) is 17.8. The number of nitrogens with zero attached hydrogens (tertiary/aromatic N) is 1. The molecular weight excluding hydrogens is 402 g/mol. The second-order valence-corrected chi connectivity index (χ2v) is 9.39. The molecule has 0 aromatic heterocycles. The van der Waals surface area contributed by atoms with Gasteiger partial charge >= 0.3 is 0 Å². The van der Waals surface area contributed by atoms with Crippen molar-refractivity contribution in [2.45, 2.75) is 27.2 Å². The van der Waals surface area contributed by atoms with E-state index in [1.165, 1.54) is 0 Å². The summed E-state index contributed by atoms with van der Waals surface area (Å²) in [5.41, 5.74) is 2.13. The molecule has 0 aliphatic rings. The first-order chi connectivity index (χ1) is 14.1. The lowest BCUT2D eigenvalue weighted by molar-refractivity contribution is -0.114. The number of aryl methyl sites for hydroxylation is 1. The molecule has 0 fully saturated rings. The van der Waals surface area contributed by atoms with E-state index in [0.717, 1.165) is 22.5 Å². The number of carbonyl (C=O) groups excluding carboxylic acids is 2. The first kappa shape index (κ1) is 23.4. The van der Waals surface area contributed by atoms with Crippen LogP contribution in [0.15, 0.2) is 48.5 Å². The first-order valence-electron chi connectivity index (χ1n) is 9.85. The maximum Gasteiger partial charge on any atom is 0.253 e. The fraction of sp³-hybridized carbons (Fsp3) is 0.364. The third-order valence-corrected chi connectivity index (χ3v) is 5.58. The van der Waals surface area contributed by atoms with Crippen molar-refractivity contribution < 1.29 is 18.0 Å². The highest BCUT2D eigenvalue weighted by Crippen LogP contribution is 2.20. The Bertz CT molecular complexity index is 986. The van der Waals surface area contributed by atoms with Crippen molar-refractivity contribution in [1.29, 1.82) is 0 Å². The predicted octanol–water partition coefficient (Wildman–Crippen LogP) is 3.04. The van der Waals surface area contributed by atoms with Crippen LogP contribution in [-0.4, -0.2) is 39.6 Å². The minimum atomic E-state index is -3.68. The summed E-state index contributed by atoms with van der Waals surface area (Å²) in [6.45, 7) is 6.09. The molecule has 0 radical (unpaired) electrons. The highest BCUT2D eigenvalue weighted by atomic mass is 32.2. The van der Waals surface area contributed by atoms with Gasteiger partial charge in [-0.3, -0.25) is 13.9 Å². The van der Waals surface area contributed by atoms with Crippen LogP contribution in [0, 0.1) is 5.92 Å². The molecule has 30 heavy (non-hydrogen) atoms. The minimum Gasteiger partial charge on any atom is -0.352 e. The number of carbonyl (C=O) groups is 2. The van der Waals surface area contributed by atoms with Gasteiger partial charge in [-0.25, -0.2) is 8.42 Å². The molecule has 2 aromatic rings. The van der Waals surface area contributed by atoms with E-state index < -0.39 is 22.5 Å². The summed E-state index contributed by atoms with van der Waals surface area (Å²) in [6.07, 6.45) is 1.89. The fourth-order valence-corrected chi connectivity index (χ4v) is 3.66. The Hall–Kier alpha value is -2.87. The summed E-state index contributed by atoms with van der Waals surface area (Å²) in [5, 5.41) is 5.49. The zero-order chi connectivity index (χ0) is 22.3. The molecule has 2 N–H and O–H groups in total. The second kappa shape index (κ2) is 10.2. The van der Waals surface area contributed by atoms with Gasteiger partial charge in [0.25, 0.3) is 5.91 Å². The van der Waals surface area contributed by atoms with Crippen molar-refractivity contribution in [2.75, 3.05) is 29.0 Å². The first-order valence-corrected chi connectivity index (χ1v) is 11.7. The number of rotatable bonds is 9. The topological polar surface area (TPSA) is 95.6 Å². The van der Waals surface area contributed by atoms with E-state index >= 15 is 0 Å². The Morgan fingerprint density at radius 3 is 2.23 bits per heavy atom. The summed E-state index contributed by atoms with van der Waals surface area (Å²) in [6, 6.07) is 13.7. The molecule has 0 aliphatic carbocycles. The standard InChI is InChI=1S/C22H29N3O4S/c1-5-17-10-12-18(13-11-17)25(30(4,28)29)15-21(26)24-20-9-7-6-8-19(20)22(27)23-14-16(2)3/h6-13,16H,5,14-15H2,1-4H3,(H,23,27)(H,24,26). The zero-order valence-corrected chi connectivity index (χ0v) is 18.6. The van der Waals surface area contributed by atoms with E-state index in [1.54, 1.807) is 36.4 Å². The molecule has 0 atom stereocenters. The Morgan fingerprint density at radius 1 is 1.03 bits per heavy atom. The number of anilines is 2. The average Bonchev–Trinajstić information content (AvgIpc) is 2.70. The number of amides is 2. The van der Waals surface area contributed by atoms with E-state index in [4.69, 9.17) is 0 Å². The maximum absolute atomic E-state index is 12.7. The van der Waals surface area contributed by atoms with Crippen LogP contribution in [0.5, 0.6) is 0 Å². The molecule has 7 nitrogen and oxygen atoms in total. The fourth-order valence-electron chi connectivity index (χ4n) is 2.80. The van der Waals surface area contributed by atoms with Gasteiger partial charge in [0.2, 0.25) is 15.9 Å². The summed E-state index contributed by atoms with van der Waals surface area (Å²) < 4.78 is 25.6. The molecule has 2 rings (SSSR count). The van der Waals surface area contributed by atoms with Gasteiger partial charge in [0.1, 0.15) is 6.54 Å². The molecule has 2 amide bonds. The van der Waals surface area contributed by atoms with Crippen LogP contribution >= 0.6 is 0 Å². The van der Waals surface area contributed by atoms with Gasteiger partial charge in [0.05, 0.1) is 23.2 Å². The molecule has 0 saturated heterocycles. The largest absolute Gasteiger partial charge is 0.352 e. The quantitative estimate of drug-likeness (QED) is 0.638. The molecule has 2 aromatic carbocycles. The third kappa shape index (κ3) is 6.59. The number of para-hydroxylation sites is 1. The van der Waals surface area contributed by atoms with Gasteiger partial charge in [-0.1, -0.05) is 45.0 Å². The summed E-state index contributed by atoms with van der Waals surface area (Å²) in [4.78, 5) is 25.1. The van der Waals surface area contributed by atoms with E-state index in [2.05, 4.69) is 10.6 Å². The van der Waals surface area contributed by atoms with Crippen LogP contribution in [0.1, 0.15) is 36.7 Å². The molecular formula is C22H29N3O4S. The molecule has 0 aliphatic heterocycles. The monoisotopic (exact) mass is 431 g/mol. The molecule has 0 unspecified atom stereocenters. The predicted molar refractivity (Wildman–Crippen MR) is 120 cm³/mol.